The van der Waals surface area contributed by atoms with Gasteiger partial charge in [0.15, 0.2) is 0 Å². The van der Waals surface area contributed by atoms with E-state index in [1.165, 1.54) is 0 Å². The van der Waals surface area contributed by atoms with Crippen LogP contribution in [0, 0.1) is 0 Å². The highest BCUT2D eigenvalue weighted by atomic mass is 79.9. The van der Waals surface area contributed by atoms with Crippen molar-refractivity contribution in [1.82, 2.24) is 5.43 Å². The molecule has 0 radical (unpaired) electrons. The first-order valence-corrected chi connectivity index (χ1v) is 7.15. The Kier molecular flexibility index (Phi) is 5.50. The van der Waals surface area contributed by atoms with Crippen LogP contribution >= 0.6 is 15.9 Å². The standard InChI is InChI=1S/C16H15BrN2O/c17-15-8-4-7-14(11-15)12-18-19-16(20)10-9-13-5-2-1-3-6-13/h1-8,11-12H,9-10H2,(H,19,20). The van der Waals surface area contributed by atoms with Gasteiger partial charge in [0, 0.05) is 10.9 Å². The van der Waals surface area contributed by atoms with Gasteiger partial charge in [-0.15, -0.1) is 0 Å². The average Bonchev–Trinajstić information content (AvgIpc) is 2.46. The zero-order valence-electron chi connectivity index (χ0n) is 10.9. The third-order valence-electron chi connectivity index (χ3n) is 2.74. The second-order valence-electron chi connectivity index (χ2n) is 4.33. The lowest BCUT2D eigenvalue weighted by atomic mass is 10.1. The molecular weight excluding hydrogens is 316 g/mol. The molecule has 4 heteroatoms. The molecule has 102 valence electrons. The van der Waals surface area contributed by atoms with Gasteiger partial charge in [0.05, 0.1) is 6.21 Å². The number of benzene rings is 2. The predicted octanol–water partition coefficient (Wildman–Crippen LogP) is 3.53. The molecule has 0 aliphatic carbocycles. The number of aryl methyl sites for hydroxylation is 1. The first-order valence-electron chi connectivity index (χ1n) is 6.35. The van der Waals surface area contributed by atoms with Crippen molar-refractivity contribution in [2.24, 2.45) is 5.10 Å². The minimum absolute atomic E-state index is 0.0832. The molecule has 0 saturated carbocycles. The van der Waals surface area contributed by atoms with Crippen LogP contribution in [0.4, 0.5) is 0 Å². The number of rotatable bonds is 5. The SMILES string of the molecule is O=C(CCc1ccccc1)NN=Cc1cccc(Br)c1. The molecule has 0 saturated heterocycles. The Balaban J connectivity index is 1.78. The van der Waals surface area contributed by atoms with E-state index < -0.39 is 0 Å². The molecule has 0 bridgehead atoms. The fourth-order valence-corrected chi connectivity index (χ4v) is 2.14. The Morgan fingerprint density at radius 2 is 1.95 bits per heavy atom. The van der Waals surface area contributed by atoms with Gasteiger partial charge in [-0.05, 0) is 29.7 Å². The van der Waals surface area contributed by atoms with Gasteiger partial charge in [0.2, 0.25) is 5.91 Å². The van der Waals surface area contributed by atoms with Crippen LogP contribution in [-0.4, -0.2) is 12.1 Å². The van der Waals surface area contributed by atoms with Crippen LogP contribution in [0.15, 0.2) is 64.2 Å². The highest BCUT2D eigenvalue weighted by molar-refractivity contribution is 9.10. The molecule has 0 aliphatic heterocycles. The third kappa shape index (κ3) is 4.97. The van der Waals surface area contributed by atoms with Crippen LogP contribution in [0.1, 0.15) is 17.5 Å². The zero-order valence-corrected chi connectivity index (χ0v) is 12.5. The number of halogens is 1. The summed E-state index contributed by atoms with van der Waals surface area (Å²) in [4.78, 5) is 11.6. The maximum atomic E-state index is 11.6. The van der Waals surface area contributed by atoms with Crippen molar-refractivity contribution in [1.29, 1.82) is 0 Å². The molecule has 0 spiro atoms. The van der Waals surface area contributed by atoms with Crippen LogP contribution in [0.5, 0.6) is 0 Å². The average molecular weight is 331 g/mol. The summed E-state index contributed by atoms with van der Waals surface area (Å²) in [7, 11) is 0. The molecule has 0 unspecified atom stereocenters. The topological polar surface area (TPSA) is 41.5 Å². The van der Waals surface area contributed by atoms with E-state index in [0.717, 1.165) is 22.0 Å². The normalized spacial score (nSPS) is 10.7. The number of carbonyl (C=O) groups excluding carboxylic acids is 1. The predicted molar refractivity (Wildman–Crippen MR) is 84.6 cm³/mol. The second kappa shape index (κ2) is 7.60. The second-order valence-corrected chi connectivity index (χ2v) is 5.25. The van der Waals surface area contributed by atoms with E-state index in [2.05, 4.69) is 26.5 Å². The number of nitrogens with zero attached hydrogens (tertiary/aromatic N) is 1. The smallest absolute Gasteiger partial charge is 0.240 e. The van der Waals surface area contributed by atoms with E-state index in [1.807, 2.05) is 54.6 Å². The lowest BCUT2D eigenvalue weighted by Crippen LogP contribution is -2.17. The Bertz CT molecular complexity index is 596. The highest BCUT2D eigenvalue weighted by Crippen LogP contribution is 2.09. The van der Waals surface area contributed by atoms with Gasteiger partial charge in [0.1, 0.15) is 0 Å². The molecule has 0 aliphatic rings. The summed E-state index contributed by atoms with van der Waals surface area (Å²) in [6.45, 7) is 0. The van der Waals surface area contributed by atoms with Crippen LogP contribution < -0.4 is 5.43 Å². The minimum atomic E-state index is -0.0832. The molecule has 0 aromatic heterocycles. The summed E-state index contributed by atoms with van der Waals surface area (Å²) < 4.78 is 0.983. The maximum absolute atomic E-state index is 11.6. The largest absolute Gasteiger partial charge is 0.273 e. The van der Waals surface area contributed by atoms with Crippen molar-refractivity contribution in [3.63, 3.8) is 0 Å². The van der Waals surface area contributed by atoms with Gasteiger partial charge in [0.25, 0.3) is 0 Å². The van der Waals surface area contributed by atoms with Crippen LogP contribution in [0.25, 0.3) is 0 Å². The van der Waals surface area contributed by atoms with E-state index in [0.29, 0.717) is 6.42 Å². The lowest BCUT2D eigenvalue weighted by Gasteiger charge is -2.00. The van der Waals surface area contributed by atoms with E-state index in [1.54, 1.807) is 6.21 Å². The minimum Gasteiger partial charge on any atom is -0.273 e. The van der Waals surface area contributed by atoms with E-state index >= 15 is 0 Å². The first-order chi connectivity index (χ1) is 9.74. The van der Waals surface area contributed by atoms with Gasteiger partial charge in [-0.2, -0.15) is 5.10 Å². The van der Waals surface area contributed by atoms with Crippen molar-refractivity contribution in [2.75, 3.05) is 0 Å². The molecule has 2 aromatic carbocycles. The quantitative estimate of drug-likeness (QED) is 0.661. The number of hydrogen-bond acceptors (Lipinski definition) is 2. The van der Waals surface area contributed by atoms with Crippen molar-refractivity contribution < 1.29 is 4.79 Å². The molecule has 3 nitrogen and oxygen atoms in total. The molecule has 0 fully saturated rings. The highest BCUT2D eigenvalue weighted by Gasteiger charge is 2.00. The van der Waals surface area contributed by atoms with Gasteiger partial charge in [-0.25, -0.2) is 5.43 Å². The maximum Gasteiger partial charge on any atom is 0.240 e. The molecule has 2 aromatic rings. The molecule has 0 heterocycles. The molecule has 0 atom stereocenters. The summed E-state index contributed by atoms with van der Waals surface area (Å²) >= 11 is 3.38. The number of carbonyl (C=O) groups is 1. The summed E-state index contributed by atoms with van der Waals surface area (Å²) in [5.41, 5.74) is 4.62. The number of hydrogen-bond donors (Lipinski definition) is 1. The van der Waals surface area contributed by atoms with Gasteiger partial charge < -0.3 is 0 Å². The molecular formula is C16H15BrN2O. The third-order valence-corrected chi connectivity index (χ3v) is 3.23. The molecule has 1 amide bonds. The Hall–Kier alpha value is -1.94. The Morgan fingerprint density at radius 3 is 2.70 bits per heavy atom. The van der Waals surface area contributed by atoms with Crippen LogP contribution in [0.2, 0.25) is 0 Å². The fourth-order valence-electron chi connectivity index (χ4n) is 1.72. The van der Waals surface area contributed by atoms with E-state index in [-0.39, 0.29) is 5.91 Å². The van der Waals surface area contributed by atoms with Crippen LogP contribution in [0.3, 0.4) is 0 Å². The number of hydrazone groups is 1. The zero-order chi connectivity index (χ0) is 14.2. The summed E-state index contributed by atoms with van der Waals surface area (Å²) in [5, 5.41) is 3.95. The van der Waals surface area contributed by atoms with Crippen LogP contribution in [-0.2, 0) is 11.2 Å². The Morgan fingerprint density at radius 1 is 1.15 bits per heavy atom. The summed E-state index contributed by atoms with van der Waals surface area (Å²) in [5.74, 6) is -0.0832. The summed E-state index contributed by atoms with van der Waals surface area (Å²) in [6, 6.07) is 17.6. The van der Waals surface area contributed by atoms with Gasteiger partial charge in [-0.3, -0.25) is 4.79 Å². The molecule has 1 N–H and O–H groups in total. The number of nitrogens with one attached hydrogen (secondary N) is 1. The van der Waals surface area contributed by atoms with Crippen molar-refractivity contribution >= 4 is 28.1 Å². The summed E-state index contributed by atoms with van der Waals surface area (Å²) in [6.07, 6.45) is 2.78. The Labute approximate surface area is 126 Å². The van der Waals surface area contributed by atoms with Crippen molar-refractivity contribution in [3.8, 4) is 0 Å². The van der Waals surface area contributed by atoms with E-state index in [9.17, 15) is 4.79 Å². The van der Waals surface area contributed by atoms with Gasteiger partial charge >= 0.3 is 0 Å². The first kappa shape index (κ1) is 14.5. The molecule has 20 heavy (non-hydrogen) atoms. The van der Waals surface area contributed by atoms with Crippen molar-refractivity contribution in [3.05, 3.63) is 70.2 Å². The number of amides is 1. The van der Waals surface area contributed by atoms with Gasteiger partial charge in [-0.1, -0.05) is 58.4 Å². The lowest BCUT2D eigenvalue weighted by molar-refractivity contribution is -0.121. The monoisotopic (exact) mass is 330 g/mol. The van der Waals surface area contributed by atoms with E-state index in [4.69, 9.17) is 0 Å². The molecule has 2 rings (SSSR count). The van der Waals surface area contributed by atoms with Crippen molar-refractivity contribution in [2.45, 2.75) is 12.8 Å². The fraction of sp³-hybridized carbons (Fsp3) is 0.125.